The zero-order valence-corrected chi connectivity index (χ0v) is 13.9. The molecule has 7 heteroatoms. The second-order valence-electron chi connectivity index (χ2n) is 5.56. The van der Waals surface area contributed by atoms with Gasteiger partial charge in [0.05, 0.1) is 4.90 Å². The summed E-state index contributed by atoms with van der Waals surface area (Å²) in [6.07, 6.45) is 4.14. The van der Waals surface area contributed by atoms with Crippen molar-refractivity contribution in [2.75, 3.05) is 0 Å². The number of rotatable bonds is 3. The molecule has 1 aromatic rings. The van der Waals surface area contributed by atoms with E-state index in [-0.39, 0.29) is 27.4 Å². The van der Waals surface area contributed by atoms with Crippen LogP contribution in [0.5, 0.6) is 0 Å². The number of carbonyl (C=O) groups excluding carboxylic acids is 1. The van der Waals surface area contributed by atoms with Crippen molar-refractivity contribution in [2.24, 2.45) is 5.92 Å². The van der Waals surface area contributed by atoms with E-state index in [0.717, 1.165) is 19.3 Å². The molecule has 21 heavy (non-hydrogen) atoms. The molecule has 0 aromatic heterocycles. The van der Waals surface area contributed by atoms with E-state index >= 15 is 0 Å². The lowest BCUT2D eigenvalue weighted by Gasteiger charge is -2.27. The van der Waals surface area contributed by atoms with Crippen LogP contribution < -0.4 is 5.32 Å². The zero-order chi connectivity index (χ0) is 15.6. The van der Waals surface area contributed by atoms with Crippen LogP contribution in [0.2, 0.25) is 5.02 Å². The summed E-state index contributed by atoms with van der Waals surface area (Å²) in [5.74, 6) is 0.264. The number of hydrogen-bond acceptors (Lipinski definition) is 3. The number of halogens is 2. The molecule has 0 radical (unpaired) electrons. The molecule has 0 saturated heterocycles. The molecular weight excluding hydrogens is 333 g/mol. The predicted octanol–water partition coefficient (Wildman–Crippen LogP) is 3.58. The van der Waals surface area contributed by atoms with Gasteiger partial charge in [0.1, 0.15) is 0 Å². The molecule has 0 aliphatic heterocycles. The third-order valence-electron chi connectivity index (χ3n) is 3.69. The van der Waals surface area contributed by atoms with E-state index in [1.54, 1.807) is 0 Å². The summed E-state index contributed by atoms with van der Waals surface area (Å²) in [7, 11) is 1.38. The maximum atomic E-state index is 12.2. The summed E-state index contributed by atoms with van der Waals surface area (Å²) in [6, 6.07) is 4.03. The quantitative estimate of drug-likeness (QED) is 0.848. The van der Waals surface area contributed by atoms with Crippen LogP contribution in [0.15, 0.2) is 23.1 Å². The Morgan fingerprint density at radius 1 is 1.29 bits per heavy atom. The smallest absolute Gasteiger partial charge is 0.261 e. The largest absolute Gasteiger partial charge is 0.349 e. The van der Waals surface area contributed by atoms with Gasteiger partial charge < -0.3 is 5.32 Å². The van der Waals surface area contributed by atoms with Crippen LogP contribution in [0.1, 0.15) is 43.0 Å². The molecule has 1 aliphatic rings. The van der Waals surface area contributed by atoms with Crippen molar-refractivity contribution in [1.29, 1.82) is 0 Å². The van der Waals surface area contributed by atoms with E-state index < -0.39 is 9.05 Å². The van der Waals surface area contributed by atoms with Gasteiger partial charge in [0.2, 0.25) is 0 Å². The van der Waals surface area contributed by atoms with Crippen molar-refractivity contribution >= 4 is 37.2 Å². The molecule has 2 rings (SSSR count). The molecule has 1 aliphatic carbocycles. The summed E-state index contributed by atoms with van der Waals surface area (Å²) >= 11 is 5.86. The van der Waals surface area contributed by atoms with Gasteiger partial charge in [-0.15, -0.1) is 0 Å². The van der Waals surface area contributed by atoms with Crippen LogP contribution in [0.3, 0.4) is 0 Å². The first kappa shape index (κ1) is 16.6. The first-order valence-electron chi connectivity index (χ1n) is 6.82. The van der Waals surface area contributed by atoms with Gasteiger partial charge in [-0.05, 0) is 37.0 Å². The van der Waals surface area contributed by atoms with E-state index in [1.807, 2.05) is 0 Å². The van der Waals surface area contributed by atoms with Gasteiger partial charge in [-0.25, -0.2) is 8.42 Å². The van der Waals surface area contributed by atoms with Crippen LogP contribution in [-0.2, 0) is 9.05 Å². The Kier molecular flexibility index (Phi) is 5.17. The van der Waals surface area contributed by atoms with Crippen molar-refractivity contribution in [2.45, 2.75) is 43.5 Å². The van der Waals surface area contributed by atoms with Crippen molar-refractivity contribution < 1.29 is 13.2 Å². The number of amides is 1. The first-order valence-corrected chi connectivity index (χ1v) is 9.50. The lowest BCUT2D eigenvalue weighted by Crippen LogP contribution is -2.38. The Hall–Kier alpha value is -0.780. The number of benzene rings is 1. The van der Waals surface area contributed by atoms with Crippen molar-refractivity contribution in [1.82, 2.24) is 5.32 Å². The molecule has 1 fully saturated rings. The molecule has 2 unspecified atom stereocenters. The Balaban J connectivity index is 2.17. The standard InChI is InChI=1S/C14H17Cl2NO3S/c1-9-3-2-4-12(5-9)17-14(18)10-6-11(15)8-13(7-10)21(16,19)20/h6-9,12H,2-5H2,1H3,(H,17,18). The maximum absolute atomic E-state index is 12.2. The number of nitrogens with one attached hydrogen (secondary N) is 1. The van der Waals surface area contributed by atoms with Gasteiger partial charge in [0.25, 0.3) is 15.0 Å². The minimum atomic E-state index is -3.92. The van der Waals surface area contributed by atoms with Crippen LogP contribution in [0.4, 0.5) is 0 Å². The molecular formula is C14H17Cl2NO3S. The highest BCUT2D eigenvalue weighted by Gasteiger charge is 2.22. The summed E-state index contributed by atoms with van der Waals surface area (Å²) in [6.45, 7) is 2.16. The second-order valence-corrected chi connectivity index (χ2v) is 8.56. The van der Waals surface area contributed by atoms with Gasteiger partial charge in [0.15, 0.2) is 0 Å². The van der Waals surface area contributed by atoms with Crippen LogP contribution in [-0.4, -0.2) is 20.4 Å². The monoisotopic (exact) mass is 349 g/mol. The Morgan fingerprint density at radius 3 is 2.62 bits per heavy atom. The molecule has 2 atom stereocenters. The first-order chi connectivity index (χ1) is 9.75. The fourth-order valence-corrected chi connectivity index (χ4v) is 3.77. The molecule has 0 bridgehead atoms. The second kappa shape index (κ2) is 6.55. The zero-order valence-electron chi connectivity index (χ0n) is 11.6. The fraction of sp³-hybridized carbons (Fsp3) is 0.500. The summed E-state index contributed by atoms with van der Waals surface area (Å²) < 4.78 is 22.7. The normalized spacial score (nSPS) is 22.8. The molecule has 4 nitrogen and oxygen atoms in total. The van der Waals surface area contributed by atoms with Gasteiger partial charge in [-0.2, -0.15) is 0 Å². The highest BCUT2D eigenvalue weighted by Crippen LogP contribution is 2.25. The Morgan fingerprint density at radius 2 is 2.00 bits per heavy atom. The molecule has 0 spiro atoms. The maximum Gasteiger partial charge on any atom is 0.261 e. The number of hydrogen-bond donors (Lipinski definition) is 1. The highest BCUT2D eigenvalue weighted by atomic mass is 35.7. The summed E-state index contributed by atoms with van der Waals surface area (Å²) in [5.41, 5.74) is 0.208. The Bertz CT molecular complexity index is 646. The van der Waals surface area contributed by atoms with Gasteiger partial charge >= 0.3 is 0 Å². The average molecular weight is 350 g/mol. The van der Waals surface area contributed by atoms with E-state index in [0.29, 0.717) is 5.92 Å². The number of carbonyl (C=O) groups is 1. The molecule has 1 aromatic carbocycles. The third kappa shape index (κ3) is 4.59. The minimum Gasteiger partial charge on any atom is -0.349 e. The average Bonchev–Trinajstić information content (AvgIpc) is 2.37. The van der Waals surface area contributed by atoms with Crippen molar-refractivity contribution in [3.05, 3.63) is 28.8 Å². The van der Waals surface area contributed by atoms with E-state index in [2.05, 4.69) is 12.2 Å². The van der Waals surface area contributed by atoms with Gasteiger partial charge in [-0.1, -0.05) is 31.4 Å². The highest BCUT2D eigenvalue weighted by molar-refractivity contribution is 8.13. The molecule has 116 valence electrons. The van der Waals surface area contributed by atoms with Crippen LogP contribution in [0.25, 0.3) is 0 Å². The lowest BCUT2D eigenvalue weighted by molar-refractivity contribution is 0.0921. The van der Waals surface area contributed by atoms with Crippen LogP contribution in [0, 0.1) is 5.92 Å². The molecule has 1 saturated carbocycles. The third-order valence-corrected chi connectivity index (χ3v) is 5.24. The fourth-order valence-electron chi connectivity index (χ4n) is 2.67. The molecule has 1 amide bonds. The van der Waals surface area contributed by atoms with Crippen molar-refractivity contribution in [3.8, 4) is 0 Å². The van der Waals surface area contributed by atoms with Crippen LogP contribution >= 0.6 is 22.3 Å². The van der Waals surface area contributed by atoms with Crippen molar-refractivity contribution in [3.63, 3.8) is 0 Å². The summed E-state index contributed by atoms with van der Waals surface area (Å²) in [4.78, 5) is 12.1. The SMILES string of the molecule is CC1CCCC(NC(=O)c2cc(Cl)cc(S(=O)(=O)Cl)c2)C1. The minimum absolute atomic E-state index is 0.122. The topological polar surface area (TPSA) is 63.2 Å². The van der Waals surface area contributed by atoms with Gasteiger partial charge in [-0.3, -0.25) is 4.79 Å². The van der Waals surface area contributed by atoms with E-state index in [4.69, 9.17) is 22.3 Å². The van der Waals surface area contributed by atoms with E-state index in [1.165, 1.54) is 24.6 Å². The molecule has 1 N–H and O–H groups in total. The van der Waals surface area contributed by atoms with E-state index in [9.17, 15) is 13.2 Å². The van der Waals surface area contributed by atoms with Gasteiger partial charge in [0, 0.05) is 27.3 Å². The molecule has 0 heterocycles. The lowest BCUT2D eigenvalue weighted by atomic mass is 9.87. The predicted molar refractivity (Wildman–Crippen MR) is 83.4 cm³/mol. The Labute approximate surface area is 134 Å². The summed E-state index contributed by atoms with van der Waals surface area (Å²) in [5, 5.41) is 3.10.